The normalized spacial score (nSPS) is 17.9. The van der Waals surface area contributed by atoms with Crippen LogP contribution in [0.3, 0.4) is 0 Å². The number of esters is 1. The van der Waals surface area contributed by atoms with Crippen molar-refractivity contribution >= 4 is 5.97 Å². The lowest BCUT2D eigenvalue weighted by Gasteiger charge is -2.40. The van der Waals surface area contributed by atoms with E-state index in [1.54, 1.807) is 11.7 Å². The van der Waals surface area contributed by atoms with Crippen molar-refractivity contribution in [3.8, 4) is 0 Å². The van der Waals surface area contributed by atoms with Crippen molar-refractivity contribution in [2.45, 2.75) is 24.7 Å². The minimum Gasteiger partial charge on any atom is -0.465 e. The predicted octanol–water partition coefficient (Wildman–Crippen LogP) is 0.621. The predicted molar refractivity (Wildman–Crippen MR) is 57.2 cm³/mol. The molecule has 0 aliphatic heterocycles. The van der Waals surface area contributed by atoms with Gasteiger partial charge in [0.05, 0.1) is 25.6 Å². The molecule has 1 aliphatic rings. The average molecular weight is 224 g/mol. The van der Waals surface area contributed by atoms with Crippen LogP contribution in [-0.4, -0.2) is 34.6 Å². The molecule has 0 aromatic carbocycles. The van der Waals surface area contributed by atoms with Crippen LogP contribution in [0, 0.1) is 0 Å². The number of methoxy groups -OCH3 is 1. The molecule has 5 heteroatoms. The smallest absolute Gasteiger partial charge is 0.341 e. The van der Waals surface area contributed by atoms with Crippen LogP contribution >= 0.6 is 0 Å². The van der Waals surface area contributed by atoms with Crippen LogP contribution in [0.25, 0.3) is 0 Å². The van der Waals surface area contributed by atoms with E-state index in [1.165, 1.54) is 13.3 Å². The maximum Gasteiger partial charge on any atom is 0.341 e. The van der Waals surface area contributed by atoms with Gasteiger partial charge in [0.2, 0.25) is 0 Å². The van der Waals surface area contributed by atoms with Crippen LogP contribution in [0.1, 0.15) is 35.3 Å². The molecule has 1 heterocycles. The third-order valence-electron chi connectivity index (χ3n) is 3.46. The van der Waals surface area contributed by atoms with E-state index in [4.69, 9.17) is 4.74 Å². The fraction of sp³-hybridized carbons (Fsp3) is 0.636. The fourth-order valence-electron chi connectivity index (χ4n) is 2.40. The molecule has 0 saturated heterocycles. The SMILES string of the molecule is COC(=O)c1cnn(C)c1C1(CO)CCC1. The number of carbonyl (C=O) groups is 1. The Morgan fingerprint density at radius 2 is 2.38 bits per heavy atom. The van der Waals surface area contributed by atoms with Crippen LogP contribution in [0.2, 0.25) is 0 Å². The summed E-state index contributed by atoms with van der Waals surface area (Å²) in [6.45, 7) is 0.0521. The first-order chi connectivity index (χ1) is 7.64. The van der Waals surface area contributed by atoms with Gasteiger partial charge in [0.25, 0.3) is 0 Å². The third-order valence-corrected chi connectivity index (χ3v) is 3.46. The summed E-state index contributed by atoms with van der Waals surface area (Å²) in [4.78, 5) is 11.6. The molecule has 1 aliphatic carbocycles. The minimum atomic E-state index is -0.386. The van der Waals surface area contributed by atoms with Gasteiger partial charge in [-0.1, -0.05) is 6.42 Å². The van der Waals surface area contributed by atoms with Gasteiger partial charge in [-0.2, -0.15) is 5.10 Å². The quantitative estimate of drug-likeness (QED) is 0.764. The van der Waals surface area contributed by atoms with E-state index in [0.29, 0.717) is 5.56 Å². The first-order valence-corrected chi connectivity index (χ1v) is 5.36. The number of aryl methyl sites for hydroxylation is 1. The second kappa shape index (κ2) is 3.90. The van der Waals surface area contributed by atoms with Gasteiger partial charge in [0.15, 0.2) is 0 Å². The number of aromatic nitrogens is 2. The lowest BCUT2D eigenvalue weighted by molar-refractivity contribution is 0.0586. The number of ether oxygens (including phenoxy) is 1. The zero-order valence-electron chi connectivity index (χ0n) is 9.56. The molecule has 0 spiro atoms. The van der Waals surface area contributed by atoms with Crippen molar-refractivity contribution in [2.24, 2.45) is 7.05 Å². The van der Waals surface area contributed by atoms with Gasteiger partial charge in [-0.15, -0.1) is 0 Å². The van der Waals surface area contributed by atoms with Gasteiger partial charge in [-0.05, 0) is 12.8 Å². The lowest BCUT2D eigenvalue weighted by atomic mass is 9.66. The van der Waals surface area contributed by atoms with Gasteiger partial charge in [0.1, 0.15) is 5.56 Å². The summed E-state index contributed by atoms with van der Waals surface area (Å²) in [7, 11) is 3.14. The standard InChI is InChI=1S/C11H16N2O3/c1-13-9(11(7-14)4-3-5-11)8(6-12-13)10(15)16-2/h6,14H,3-5,7H2,1-2H3. The lowest BCUT2D eigenvalue weighted by Crippen LogP contribution is -2.41. The average Bonchev–Trinajstić information content (AvgIpc) is 2.60. The van der Waals surface area contributed by atoms with Crippen molar-refractivity contribution in [3.63, 3.8) is 0 Å². The zero-order valence-corrected chi connectivity index (χ0v) is 9.56. The highest BCUT2D eigenvalue weighted by Crippen LogP contribution is 2.44. The summed E-state index contributed by atoms with van der Waals surface area (Å²) < 4.78 is 6.39. The molecule has 1 saturated carbocycles. The van der Waals surface area contributed by atoms with Crippen molar-refractivity contribution < 1.29 is 14.6 Å². The van der Waals surface area contributed by atoms with Gasteiger partial charge >= 0.3 is 5.97 Å². The maximum atomic E-state index is 11.6. The van der Waals surface area contributed by atoms with E-state index in [0.717, 1.165) is 25.0 Å². The van der Waals surface area contributed by atoms with E-state index in [-0.39, 0.29) is 18.0 Å². The Morgan fingerprint density at radius 3 is 2.81 bits per heavy atom. The van der Waals surface area contributed by atoms with Gasteiger partial charge in [-0.25, -0.2) is 4.79 Å². The molecule has 1 aromatic heterocycles. The zero-order chi connectivity index (χ0) is 11.8. The second-order valence-corrected chi connectivity index (χ2v) is 4.31. The summed E-state index contributed by atoms with van der Waals surface area (Å²) in [5.41, 5.74) is 0.973. The minimum absolute atomic E-state index is 0.0521. The molecule has 0 bridgehead atoms. The van der Waals surface area contributed by atoms with Crippen molar-refractivity contribution in [2.75, 3.05) is 13.7 Å². The first-order valence-electron chi connectivity index (χ1n) is 5.36. The number of nitrogens with zero attached hydrogens (tertiary/aromatic N) is 2. The molecule has 88 valence electrons. The highest BCUT2D eigenvalue weighted by atomic mass is 16.5. The number of hydrogen-bond acceptors (Lipinski definition) is 4. The topological polar surface area (TPSA) is 64.3 Å². The molecule has 0 amide bonds. The van der Waals surface area contributed by atoms with Gasteiger partial charge in [-0.3, -0.25) is 4.68 Å². The Balaban J connectivity index is 2.46. The summed E-state index contributed by atoms with van der Waals surface area (Å²) in [6.07, 6.45) is 4.38. The van der Waals surface area contributed by atoms with Crippen LogP contribution in [0.4, 0.5) is 0 Å². The van der Waals surface area contributed by atoms with Gasteiger partial charge < -0.3 is 9.84 Å². The molecule has 16 heavy (non-hydrogen) atoms. The van der Waals surface area contributed by atoms with Crippen molar-refractivity contribution in [3.05, 3.63) is 17.5 Å². The molecule has 1 fully saturated rings. The summed E-state index contributed by atoms with van der Waals surface area (Å²) in [5, 5.41) is 13.6. The number of rotatable bonds is 3. The molecular weight excluding hydrogens is 208 g/mol. The monoisotopic (exact) mass is 224 g/mol. The van der Waals surface area contributed by atoms with Crippen molar-refractivity contribution in [1.29, 1.82) is 0 Å². The highest BCUT2D eigenvalue weighted by Gasteiger charge is 2.43. The Labute approximate surface area is 94.0 Å². The summed E-state index contributed by atoms with van der Waals surface area (Å²) >= 11 is 0. The molecule has 0 unspecified atom stereocenters. The molecule has 1 N–H and O–H groups in total. The Hall–Kier alpha value is -1.36. The molecule has 0 atom stereocenters. The van der Waals surface area contributed by atoms with Crippen LogP contribution in [-0.2, 0) is 17.2 Å². The maximum absolute atomic E-state index is 11.6. The first kappa shape index (κ1) is 11.1. The van der Waals surface area contributed by atoms with E-state index >= 15 is 0 Å². The van der Waals surface area contributed by atoms with E-state index in [9.17, 15) is 9.90 Å². The highest BCUT2D eigenvalue weighted by molar-refractivity contribution is 5.90. The third kappa shape index (κ3) is 1.43. The Bertz CT molecular complexity index is 402. The molecular formula is C11H16N2O3. The van der Waals surface area contributed by atoms with Gasteiger partial charge in [0, 0.05) is 12.5 Å². The summed E-state index contributed by atoms with van der Waals surface area (Å²) in [5.74, 6) is -0.386. The van der Waals surface area contributed by atoms with Crippen LogP contribution in [0.15, 0.2) is 6.20 Å². The molecule has 0 radical (unpaired) electrons. The fourth-order valence-corrected chi connectivity index (χ4v) is 2.40. The van der Waals surface area contributed by atoms with E-state index in [1.807, 2.05) is 0 Å². The van der Waals surface area contributed by atoms with E-state index in [2.05, 4.69) is 5.10 Å². The van der Waals surface area contributed by atoms with Crippen molar-refractivity contribution in [1.82, 2.24) is 9.78 Å². The van der Waals surface area contributed by atoms with E-state index < -0.39 is 0 Å². The van der Waals surface area contributed by atoms with Crippen LogP contribution in [0.5, 0.6) is 0 Å². The van der Waals surface area contributed by atoms with Crippen LogP contribution < -0.4 is 0 Å². The number of hydrogen-bond donors (Lipinski definition) is 1. The Kier molecular flexibility index (Phi) is 2.71. The number of aliphatic hydroxyl groups is 1. The second-order valence-electron chi connectivity index (χ2n) is 4.31. The molecule has 5 nitrogen and oxygen atoms in total. The molecule has 1 aromatic rings. The number of carbonyl (C=O) groups excluding carboxylic acids is 1. The molecule has 2 rings (SSSR count). The largest absolute Gasteiger partial charge is 0.465 e. The number of aliphatic hydroxyl groups excluding tert-OH is 1. The summed E-state index contributed by atoms with van der Waals surface area (Å²) in [6, 6.07) is 0. The Morgan fingerprint density at radius 1 is 1.69 bits per heavy atom.